The molecule has 0 saturated heterocycles. The molecule has 2 heterocycles. The Morgan fingerprint density at radius 2 is 1.91 bits per heavy atom. The highest BCUT2D eigenvalue weighted by Crippen LogP contribution is 2.29. The first-order valence-electron chi connectivity index (χ1n) is 7.21. The van der Waals surface area contributed by atoms with Crippen LogP contribution in [0.15, 0.2) is 41.1 Å². The lowest BCUT2D eigenvalue weighted by atomic mass is 9.96. The van der Waals surface area contributed by atoms with Crippen LogP contribution in [0.25, 0.3) is 11.1 Å². The smallest absolute Gasteiger partial charge is 0.231 e. The molecule has 3 aromatic rings. The molecule has 114 valence electrons. The lowest BCUT2D eigenvalue weighted by Crippen LogP contribution is -2.31. The normalized spacial score (nSPS) is 14.0. The summed E-state index contributed by atoms with van der Waals surface area (Å²) in [6, 6.07) is 9.57. The molecule has 2 aromatic heterocycles. The standard InChI is InChI=1S/C17H19N3O2/c1-11-12(2)22-16-14(11)15(19-10-20-16)18-9-17(3,21)13-7-5-4-6-8-13/h4-8,10,21H,9H2,1-3H3,(H,18,19,20). The SMILES string of the molecule is Cc1oc2ncnc(NCC(C)(O)c3ccccc3)c2c1C. The fraction of sp³-hybridized carbons (Fsp3) is 0.294. The van der Waals surface area contributed by atoms with E-state index in [9.17, 15) is 5.11 Å². The molecule has 2 N–H and O–H groups in total. The number of hydrogen-bond donors (Lipinski definition) is 2. The van der Waals surface area contributed by atoms with Gasteiger partial charge in [-0.15, -0.1) is 0 Å². The van der Waals surface area contributed by atoms with E-state index in [0.29, 0.717) is 18.1 Å². The zero-order valence-corrected chi connectivity index (χ0v) is 12.9. The van der Waals surface area contributed by atoms with Gasteiger partial charge in [-0.1, -0.05) is 30.3 Å². The first-order valence-corrected chi connectivity index (χ1v) is 7.21. The van der Waals surface area contributed by atoms with Crippen LogP contribution in [0, 0.1) is 13.8 Å². The first-order chi connectivity index (χ1) is 10.5. The summed E-state index contributed by atoms with van der Waals surface area (Å²) in [6.45, 7) is 6.00. The molecule has 1 atom stereocenters. The summed E-state index contributed by atoms with van der Waals surface area (Å²) in [7, 11) is 0. The van der Waals surface area contributed by atoms with Gasteiger partial charge in [0.25, 0.3) is 0 Å². The van der Waals surface area contributed by atoms with Crippen LogP contribution in [-0.4, -0.2) is 21.6 Å². The molecule has 22 heavy (non-hydrogen) atoms. The molecule has 1 aromatic carbocycles. The molecule has 0 aliphatic heterocycles. The van der Waals surface area contributed by atoms with E-state index in [4.69, 9.17) is 4.42 Å². The number of aryl methyl sites for hydroxylation is 2. The number of hydrogen-bond acceptors (Lipinski definition) is 5. The maximum atomic E-state index is 10.7. The van der Waals surface area contributed by atoms with Crippen LogP contribution in [0.3, 0.4) is 0 Å². The molecule has 3 rings (SSSR count). The van der Waals surface area contributed by atoms with Gasteiger partial charge in [-0.2, -0.15) is 0 Å². The van der Waals surface area contributed by atoms with Crippen molar-refractivity contribution in [2.75, 3.05) is 11.9 Å². The van der Waals surface area contributed by atoms with E-state index in [0.717, 1.165) is 22.3 Å². The topological polar surface area (TPSA) is 71.2 Å². The summed E-state index contributed by atoms with van der Waals surface area (Å²) < 4.78 is 5.60. The molecule has 0 bridgehead atoms. The quantitative estimate of drug-likeness (QED) is 0.774. The van der Waals surface area contributed by atoms with Crippen molar-refractivity contribution in [2.24, 2.45) is 0 Å². The number of rotatable bonds is 4. The third kappa shape index (κ3) is 2.55. The number of aromatic nitrogens is 2. The predicted octanol–water partition coefficient (Wildman–Crippen LogP) is 3.16. The maximum absolute atomic E-state index is 10.7. The molecule has 0 aliphatic carbocycles. The van der Waals surface area contributed by atoms with Crippen LogP contribution in [0.1, 0.15) is 23.8 Å². The van der Waals surface area contributed by atoms with Crippen molar-refractivity contribution >= 4 is 16.9 Å². The zero-order chi connectivity index (χ0) is 15.7. The maximum Gasteiger partial charge on any atom is 0.231 e. The van der Waals surface area contributed by atoms with E-state index in [2.05, 4.69) is 15.3 Å². The molecular weight excluding hydrogens is 278 g/mol. The van der Waals surface area contributed by atoms with Gasteiger partial charge in [0.1, 0.15) is 23.5 Å². The molecule has 1 unspecified atom stereocenters. The Bertz CT molecular complexity index is 794. The van der Waals surface area contributed by atoms with Crippen molar-refractivity contribution in [3.63, 3.8) is 0 Å². The molecule has 0 spiro atoms. The molecule has 0 saturated carbocycles. The number of aliphatic hydroxyl groups is 1. The number of furan rings is 1. The van der Waals surface area contributed by atoms with Gasteiger partial charge in [0.05, 0.1) is 5.39 Å². The molecule has 0 amide bonds. The van der Waals surface area contributed by atoms with Gasteiger partial charge in [-0.05, 0) is 26.3 Å². The molecular formula is C17H19N3O2. The highest BCUT2D eigenvalue weighted by Gasteiger charge is 2.23. The van der Waals surface area contributed by atoms with Crippen molar-refractivity contribution in [3.05, 3.63) is 53.5 Å². The Hall–Kier alpha value is -2.40. The van der Waals surface area contributed by atoms with E-state index in [-0.39, 0.29) is 0 Å². The average molecular weight is 297 g/mol. The van der Waals surface area contributed by atoms with Crippen molar-refractivity contribution < 1.29 is 9.52 Å². The second kappa shape index (κ2) is 5.42. The fourth-order valence-corrected chi connectivity index (χ4v) is 2.47. The Morgan fingerprint density at radius 3 is 2.64 bits per heavy atom. The number of nitrogens with zero attached hydrogens (tertiary/aromatic N) is 2. The van der Waals surface area contributed by atoms with Gasteiger partial charge in [0.2, 0.25) is 5.71 Å². The summed E-state index contributed by atoms with van der Waals surface area (Å²) in [5, 5.41) is 14.7. The number of fused-ring (bicyclic) bond motifs is 1. The van der Waals surface area contributed by atoms with E-state index in [1.807, 2.05) is 44.2 Å². The van der Waals surface area contributed by atoms with Gasteiger partial charge in [0, 0.05) is 12.1 Å². The lowest BCUT2D eigenvalue weighted by molar-refractivity contribution is 0.0715. The summed E-state index contributed by atoms with van der Waals surface area (Å²) in [5.74, 6) is 1.50. The second-order valence-corrected chi connectivity index (χ2v) is 5.68. The summed E-state index contributed by atoms with van der Waals surface area (Å²) in [4.78, 5) is 8.43. The zero-order valence-electron chi connectivity index (χ0n) is 12.9. The van der Waals surface area contributed by atoms with Crippen LogP contribution in [0.4, 0.5) is 5.82 Å². The Labute approximate surface area is 129 Å². The number of benzene rings is 1. The lowest BCUT2D eigenvalue weighted by Gasteiger charge is -2.24. The van der Waals surface area contributed by atoms with Crippen LogP contribution in [0.2, 0.25) is 0 Å². The van der Waals surface area contributed by atoms with E-state index in [1.165, 1.54) is 6.33 Å². The van der Waals surface area contributed by atoms with Gasteiger partial charge in [-0.3, -0.25) is 0 Å². The van der Waals surface area contributed by atoms with E-state index < -0.39 is 5.60 Å². The van der Waals surface area contributed by atoms with Crippen molar-refractivity contribution in [1.29, 1.82) is 0 Å². The minimum Gasteiger partial charge on any atom is -0.443 e. The molecule has 0 fully saturated rings. The molecule has 0 radical (unpaired) electrons. The van der Waals surface area contributed by atoms with Gasteiger partial charge in [0.15, 0.2) is 0 Å². The van der Waals surface area contributed by atoms with Crippen LogP contribution < -0.4 is 5.32 Å². The van der Waals surface area contributed by atoms with Gasteiger partial charge >= 0.3 is 0 Å². The Balaban J connectivity index is 1.88. The molecule has 5 heteroatoms. The van der Waals surface area contributed by atoms with Crippen molar-refractivity contribution in [2.45, 2.75) is 26.4 Å². The van der Waals surface area contributed by atoms with E-state index in [1.54, 1.807) is 6.92 Å². The highest BCUT2D eigenvalue weighted by atomic mass is 16.3. The summed E-state index contributed by atoms with van der Waals surface area (Å²) in [6.07, 6.45) is 1.46. The number of nitrogens with one attached hydrogen (secondary N) is 1. The fourth-order valence-electron chi connectivity index (χ4n) is 2.47. The van der Waals surface area contributed by atoms with Crippen molar-refractivity contribution in [1.82, 2.24) is 9.97 Å². The first kappa shape index (κ1) is 14.5. The van der Waals surface area contributed by atoms with Crippen molar-refractivity contribution in [3.8, 4) is 0 Å². The Kier molecular flexibility index (Phi) is 3.58. The second-order valence-electron chi connectivity index (χ2n) is 5.68. The van der Waals surface area contributed by atoms with Gasteiger partial charge < -0.3 is 14.8 Å². The third-order valence-electron chi connectivity index (χ3n) is 3.96. The molecule has 0 aliphatic rings. The van der Waals surface area contributed by atoms with E-state index >= 15 is 0 Å². The van der Waals surface area contributed by atoms with Crippen LogP contribution in [0.5, 0.6) is 0 Å². The molecule has 5 nitrogen and oxygen atoms in total. The third-order valence-corrected chi connectivity index (χ3v) is 3.96. The van der Waals surface area contributed by atoms with Gasteiger partial charge in [-0.25, -0.2) is 9.97 Å². The minimum absolute atomic E-state index is 0.340. The predicted molar refractivity (Wildman–Crippen MR) is 85.8 cm³/mol. The number of anilines is 1. The van der Waals surface area contributed by atoms with Crippen LogP contribution >= 0.6 is 0 Å². The minimum atomic E-state index is -0.995. The summed E-state index contributed by atoms with van der Waals surface area (Å²) >= 11 is 0. The average Bonchev–Trinajstić information content (AvgIpc) is 2.82. The highest BCUT2D eigenvalue weighted by molar-refractivity contribution is 5.89. The Morgan fingerprint density at radius 1 is 1.18 bits per heavy atom. The largest absolute Gasteiger partial charge is 0.443 e. The van der Waals surface area contributed by atoms with Crippen LogP contribution in [-0.2, 0) is 5.60 Å². The summed E-state index contributed by atoms with van der Waals surface area (Å²) in [5.41, 5.74) is 1.43. The monoisotopic (exact) mass is 297 g/mol.